The average Bonchev–Trinajstić information content (AvgIpc) is 1.58. The first kappa shape index (κ1) is 72.2. The molecule has 0 aliphatic carbocycles. The number of amides is 3. The molecule has 0 saturated carbocycles. The maximum Gasteiger partial charge on any atom is 0.369 e. The van der Waals surface area contributed by atoms with Gasteiger partial charge in [-0.2, -0.15) is 0 Å². The number of rotatable bonds is 37. The zero-order chi connectivity index (χ0) is 64.6. The highest BCUT2D eigenvalue weighted by Gasteiger charge is 2.58. The standard InChI is InChI=1S/C61H79F4N3O18P2/c1-3-83-54(71)24-15-5-7-17-32-67-48(26-28-52(67)69)46(43-20-11-9-12-21-43)39-50(58(62)63)85-56(73)37-41-34-42(36-45(35-41)60(75)66-31-19-30-61(76,87(77,78)79)88(80,81)82)38-57(74)86-51(59(64)65)40-47(44-22-13-10-14-23-44)49-27-29-53(70)68(49)33-18-8-6-16-25-55(72)84-4-2/h9-14,20-23,34-36,39-40,48-51,58-59,76H,3-8,15-19,24-33,37-38H2,1-2H3,(H,66,75)(H2,77,78,79)(H2,80,81,82)/b46-39+,47-40+/t48-,49-,50-,51-/m1/s1. The van der Waals surface area contributed by atoms with Crippen molar-refractivity contribution in [1.29, 1.82) is 0 Å². The second kappa shape index (κ2) is 35.0. The molecule has 0 unspecified atom stereocenters. The van der Waals surface area contributed by atoms with Crippen LogP contribution in [0.4, 0.5) is 17.6 Å². The van der Waals surface area contributed by atoms with Crippen molar-refractivity contribution in [3.05, 3.63) is 119 Å². The lowest BCUT2D eigenvalue weighted by Crippen LogP contribution is -2.35. The van der Waals surface area contributed by atoms with E-state index in [1.165, 1.54) is 6.07 Å². The number of ether oxygens (including phenoxy) is 4. The van der Waals surface area contributed by atoms with Gasteiger partial charge in [-0.25, -0.2) is 17.6 Å². The van der Waals surface area contributed by atoms with Crippen LogP contribution in [0.15, 0.2) is 91.0 Å². The molecule has 27 heteroatoms. The van der Waals surface area contributed by atoms with Crippen LogP contribution in [0.25, 0.3) is 11.1 Å². The molecule has 2 heterocycles. The first-order valence-electron chi connectivity index (χ1n) is 29.4. The van der Waals surface area contributed by atoms with Crippen molar-refractivity contribution >= 4 is 67.9 Å². The van der Waals surface area contributed by atoms with Gasteiger partial charge in [0.15, 0.2) is 12.2 Å². The monoisotopic (exact) mass is 1280 g/mol. The summed E-state index contributed by atoms with van der Waals surface area (Å²) in [6, 6.07) is 18.7. The van der Waals surface area contributed by atoms with Crippen molar-refractivity contribution in [1.82, 2.24) is 15.1 Å². The number of halogens is 4. The molecule has 3 aromatic rings. The maximum atomic E-state index is 15.1. The van der Waals surface area contributed by atoms with Gasteiger partial charge in [0.05, 0.1) is 38.1 Å². The van der Waals surface area contributed by atoms with E-state index in [1.54, 1.807) is 84.3 Å². The van der Waals surface area contributed by atoms with E-state index >= 15 is 17.6 Å². The summed E-state index contributed by atoms with van der Waals surface area (Å²) >= 11 is 0. The Bertz CT molecular complexity index is 2820. The van der Waals surface area contributed by atoms with Crippen molar-refractivity contribution in [3.8, 4) is 0 Å². The van der Waals surface area contributed by atoms with Crippen molar-refractivity contribution in [3.63, 3.8) is 0 Å². The fourth-order valence-corrected chi connectivity index (χ4v) is 12.8. The molecule has 2 aliphatic rings. The summed E-state index contributed by atoms with van der Waals surface area (Å²) < 4.78 is 105. The first-order valence-corrected chi connectivity index (χ1v) is 32.6. The lowest BCUT2D eigenvalue weighted by molar-refractivity contribution is -0.153. The summed E-state index contributed by atoms with van der Waals surface area (Å²) in [6.07, 6.45) is -6.28. The maximum absolute atomic E-state index is 15.1. The van der Waals surface area contributed by atoms with Crippen LogP contribution in [0, 0.1) is 0 Å². The largest absolute Gasteiger partial charge is 0.466 e. The van der Waals surface area contributed by atoms with Crippen molar-refractivity contribution in [2.45, 2.75) is 172 Å². The number of nitrogens with one attached hydrogen (secondary N) is 1. The summed E-state index contributed by atoms with van der Waals surface area (Å²) in [6.45, 7) is 3.92. The van der Waals surface area contributed by atoms with Crippen molar-refractivity contribution in [2.75, 3.05) is 32.8 Å². The normalized spacial score (nSPS) is 16.7. The van der Waals surface area contributed by atoms with Crippen LogP contribution in [0.2, 0.25) is 0 Å². The molecule has 0 aromatic heterocycles. The van der Waals surface area contributed by atoms with E-state index in [4.69, 9.17) is 18.9 Å². The third-order valence-corrected chi connectivity index (χ3v) is 18.8. The number of hydrogen-bond donors (Lipinski definition) is 6. The first-order chi connectivity index (χ1) is 41.8. The second-order valence-corrected chi connectivity index (χ2v) is 25.4. The number of esters is 4. The van der Waals surface area contributed by atoms with E-state index in [0.717, 1.165) is 24.3 Å². The van der Waals surface area contributed by atoms with Gasteiger partial charge in [-0.1, -0.05) is 92.4 Å². The Balaban J connectivity index is 1.41. The number of benzene rings is 3. The highest BCUT2D eigenvalue weighted by molar-refractivity contribution is 7.72. The molecule has 0 radical (unpaired) electrons. The van der Waals surface area contributed by atoms with Crippen LogP contribution >= 0.6 is 15.2 Å². The Morgan fingerprint density at radius 3 is 1.36 bits per heavy atom. The van der Waals surface area contributed by atoms with Crippen LogP contribution in [0.3, 0.4) is 0 Å². The topological polar surface area (TPSA) is 310 Å². The number of alkyl halides is 4. The van der Waals surface area contributed by atoms with Gasteiger partial charge in [0.1, 0.15) is 0 Å². The minimum atomic E-state index is -5.86. The molecule has 21 nitrogen and oxygen atoms in total. The number of unbranched alkanes of at least 4 members (excludes halogenated alkanes) is 6. The van der Waals surface area contributed by atoms with E-state index in [9.17, 15) is 67.4 Å². The van der Waals surface area contributed by atoms with Gasteiger partial charge in [-0.3, -0.25) is 42.7 Å². The van der Waals surface area contributed by atoms with Crippen LogP contribution in [-0.4, -0.2) is 151 Å². The fraction of sp³-hybridized carbons (Fsp3) is 0.525. The minimum Gasteiger partial charge on any atom is -0.466 e. The molecule has 6 N–H and O–H groups in total. The van der Waals surface area contributed by atoms with E-state index < -0.39 is 107 Å². The van der Waals surface area contributed by atoms with Gasteiger partial charge in [0, 0.05) is 57.3 Å². The highest BCUT2D eigenvalue weighted by Crippen LogP contribution is 2.69. The smallest absolute Gasteiger partial charge is 0.369 e. The number of carbonyl (C=O) groups is 7. The van der Waals surface area contributed by atoms with Gasteiger partial charge in [0.2, 0.25) is 11.8 Å². The van der Waals surface area contributed by atoms with E-state index in [1.807, 2.05) is 0 Å². The number of hydrogen-bond acceptors (Lipinski definition) is 14. The van der Waals surface area contributed by atoms with Gasteiger partial charge >= 0.3 is 39.1 Å². The van der Waals surface area contributed by atoms with Crippen LogP contribution in [0.5, 0.6) is 0 Å². The van der Waals surface area contributed by atoms with Gasteiger partial charge in [0.25, 0.3) is 23.8 Å². The summed E-state index contributed by atoms with van der Waals surface area (Å²) in [5, 5.41) is 8.88. The minimum absolute atomic E-state index is 0.110. The Morgan fingerprint density at radius 2 is 0.989 bits per heavy atom. The van der Waals surface area contributed by atoms with Crippen LogP contribution < -0.4 is 5.32 Å². The zero-order valence-corrected chi connectivity index (χ0v) is 51.0. The Morgan fingerprint density at radius 1 is 0.591 bits per heavy atom. The molecule has 2 fully saturated rings. The lowest BCUT2D eigenvalue weighted by Gasteiger charge is -2.29. The Labute approximate surface area is 508 Å². The molecule has 0 bridgehead atoms. The molecule has 4 atom stereocenters. The van der Waals surface area contributed by atoms with Crippen LogP contribution in [0.1, 0.15) is 149 Å². The third kappa shape index (κ3) is 21.9. The van der Waals surface area contributed by atoms with Gasteiger partial charge < -0.3 is 58.7 Å². The molecule has 3 aromatic carbocycles. The highest BCUT2D eigenvalue weighted by atomic mass is 31.2. The predicted molar refractivity (Wildman–Crippen MR) is 314 cm³/mol. The Hall–Kier alpha value is -6.59. The molecule has 484 valence electrons. The molecule has 88 heavy (non-hydrogen) atoms. The Kier molecular flexibility index (Phi) is 28.7. The second-order valence-electron chi connectivity index (χ2n) is 21.4. The molecular formula is C61H79F4N3O18P2. The van der Waals surface area contributed by atoms with Crippen molar-refractivity contribution in [2.24, 2.45) is 0 Å². The van der Waals surface area contributed by atoms with Crippen LogP contribution in [-0.2, 0) is 69.7 Å². The molecule has 2 saturated heterocycles. The average molecular weight is 1280 g/mol. The summed E-state index contributed by atoms with van der Waals surface area (Å²) in [4.78, 5) is 133. The fourth-order valence-electron chi connectivity index (χ4n) is 10.6. The molecule has 3 amide bonds. The molecule has 2 aliphatic heterocycles. The van der Waals surface area contributed by atoms with E-state index in [2.05, 4.69) is 5.32 Å². The van der Waals surface area contributed by atoms with Crippen molar-refractivity contribution < 1.29 is 104 Å². The lowest BCUT2D eigenvalue weighted by atomic mass is 9.94. The molecule has 0 spiro atoms. The van der Waals surface area contributed by atoms with E-state index in [0.29, 0.717) is 62.5 Å². The SMILES string of the molecule is CCOC(=O)CCCCCCN1C(=O)CC[C@@H]1/C(=C/[C@@H](OC(=O)Cc1cc(CC(=O)O[C@H](/C=C(\c2ccccc2)[C@H]2CCC(=O)N2CCCCCCC(=O)OCC)C(F)F)cc(C(=O)NCCCC(O)(P(=O)(O)O)P(=O)(O)O)c1)C(F)F)c1ccccc1. The molecule has 5 rings (SSSR count). The zero-order valence-electron chi connectivity index (χ0n) is 49.2. The number of carbonyl (C=O) groups excluding carboxylic acids is 7. The summed E-state index contributed by atoms with van der Waals surface area (Å²) in [5.74, 6) is -4.61. The summed E-state index contributed by atoms with van der Waals surface area (Å²) in [7, 11) is -11.7. The number of aliphatic hydroxyl groups is 1. The number of likely N-dealkylation sites (tertiary alicyclic amines) is 2. The summed E-state index contributed by atoms with van der Waals surface area (Å²) in [5.41, 5.74) is 0.888. The number of nitrogens with zero attached hydrogens (tertiary/aromatic N) is 2. The quantitative estimate of drug-likeness (QED) is 0.0103. The predicted octanol–water partition coefficient (Wildman–Crippen LogP) is 8.81. The molecular weight excluding hydrogens is 1200 g/mol. The van der Waals surface area contributed by atoms with Gasteiger partial charge in [-0.15, -0.1) is 0 Å². The van der Waals surface area contributed by atoms with E-state index in [-0.39, 0.29) is 116 Å². The van der Waals surface area contributed by atoms with Gasteiger partial charge in [-0.05, 0) is 116 Å². The third-order valence-electron chi connectivity index (χ3n) is 14.9.